The Morgan fingerprint density at radius 2 is 1.90 bits per heavy atom. The highest BCUT2D eigenvalue weighted by Gasteiger charge is 2.14. The van der Waals surface area contributed by atoms with Gasteiger partial charge in [-0.15, -0.1) is 11.3 Å². The number of hydrogen-bond acceptors (Lipinski definition) is 3. The van der Waals surface area contributed by atoms with E-state index in [1.54, 1.807) is 18.2 Å². The van der Waals surface area contributed by atoms with Crippen LogP contribution in [-0.2, 0) is 4.79 Å². The van der Waals surface area contributed by atoms with Crippen molar-refractivity contribution in [2.24, 2.45) is 0 Å². The van der Waals surface area contributed by atoms with E-state index in [0.717, 1.165) is 10.4 Å². The number of amides is 2. The van der Waals surface area contributed by atoms with Crippen molar-refractivity contribution >= 4 is 29.2 Å². The van der Waals surface area contributed by atoms with Crippen LogP contribution in [0.4, 0.5) is 0 Å². The van der Waals surface area contributed by atoms with Crippen molar-refractivity contribution in [1.29, 1.82) is 0 Å². The molecule has 1 heterocycles. The number of thiophene rings is 1. The zero-order chi connectivity index (χ0) is 15.2. The minimum absolute atomic E-state index is 0.230. The van der Waals surface area contributed by atoms with Crippen molar-refractivity contribution < 1.29 is 9.59 Å². The van der Waals surface area contributed by atoms with Gasteiger partial charge in [0.25, 0.3) is 11.8 Å². The molecule has 0 aliphatic heterocycles. The highest BCUT2D eigenvalue weighted by Crippen LogP contribution is 2.13. The van der Waals surface area contributed by atoms with Crippen LogP contribution >= 0.6 is 11.3 Å². The molecule has 0 aliphatic carbocycles. The van der Waals surface area contributed by atoms with Crippen molar-refractivity contribution in [3.63, 3.8) is 0 Å². The summed E-state index contributed by atoms with van der Waals surface area (Å²) >= 11 is 1.50. The Bertz CT molecular complexity index is 675. The van der Waals surface area contributed by atoms with Gasteiger partial charge in [0, 0.05) is 17.5 Å². The lowest BCUT2D eigenvalue weighted by Crippen LogP contribution is -2.33. The lowest BCUT2D eigenvalue weighted by molar-refractivity contribution is -0.117. The predicted octanol–water partition coefficient (Wildman–Crippen LogP) is 2.57. The smallest absolute Gasteiger partial charge is 0.267 e. The van der Waals surface area contributed by atoms with Gasteiger partial charge in [0.1, 0.15) is 5.70 Å². The van der Waals surface area contributed by atoms with Crippen LogP contribution in [-0.4, -0.2) is 18.9 Å². The monoisotopic (exact) mass is 300 g/mol. The fourth-order valence-corrected chi connectivity index (χ4v) is 2.48. The minimum Gasteiger partial charge on any atom is -0.354 e. The van der Waals surface area contributed by atoms with Crippen LogP contribution < -0.4 is 10.6 Å². The summed E-state index contributed by atoms with van der Waals surface area (Å²) in [5, 5.41) is 7.12. The molecule has 2 N–H and O–H groups in total. The quantitative estimate of drug-likeness (QED) is 0.853. The Kier molecular flexibility index (Phi) is 4.90. The summed E-state index contributed by atoms with van der Waals surface area (Å²) in [5.41, 5.74) is 1.65. The van der Waals surface area contributed by atoms with Crippen LogP contribution in [0.5, 0.6) is 0 Å². The Hall–Kier alpha value is -2.40. The Morgan fingerprint density at radius 3 is 2.52 bits per heavy atom. The molecule has 0 atom stereocenters. The molecular formula is C16H16N2O2S. The summed E-state index contributed by atoms with van der Waals surface area (Å²) in [6.07, 6.45) is 1.67. The van der Waals surface area contributed by atoms with E-state index in [1.807, 2.05) is 36.6 Å². The number of carbonyl (C=O) groups excluding carboxylic acids is 2. The summed E-state index contributed by atoms with van der Waals surface area (Å²) in [6.45, 7) is 1.86. The van der Waals surface area contributed by atoms with Gasteiger partial charge in [-0.1, -0.05) is 24.3 Å². The maximum Gasteiger partial charge on any atom is 0.267 e. The fraction of sp³-hybridized carbons (Fsp3) is 0.125. The average molecular weight is 300 g/mol. The third-order valence-electron chi connectivity index (χ3n) is 2.94. The van der Waals surface area contributed by atoms with Gasteiger partial charge in [-0.3, -0.25) is 9.59 Å². The summed E-state index contributed by atoms with van der Waals surface area (Å²) in [4.78, 5) is 25.1. The number of hydrogen-bond donors (Lipinski definition) is 2. The maximum atomic E-state index is 12.3. The average Bonchev–Trinajstić information content (AvgIpc) is 2.99. The van der Waals surface area contributed by atoms with E-state index < -0.39 is 0 Å². The fourth-order valence-electron chi connectivity index (χ4n) is 1.83. The number of likely N-dealkylation sites (N-methyl/N-ethyl adjacent to an activating group) is 1. The molecule has 1 aromatic carbocycles. The van der Waals surface area contributed by atoms with E-state index in [1.165, 1.54) is 18.4 Å². The van der Waals surface area contributed by atoms with Crippen LogP contribution in [0.15, 0.2) is 47.5 Å². The summed E-state index contributed by atoms with van der Waals surface area (Å²) in [5.74, 6) is -0.621. The molecule has 0 unspecified atom stereocenters. The third-order valence-corrected chi connectivity index (χ3v) is 3.76. The molecule has 108 valence electrons. The normalized spacial score (nSPS) is 11.0. The first kappa shape index (κ1) is 15.0. The number of nitrogens with one attached hydrogen (secondary N) is 2. The van der Waals surface area contributed by atoms with E-state index in [-0.39, 0.29) is 17.5 Å². The van der Waals surface area contributed by atoms with Crippen LogP contribution in [0.25, 0.3) is 6.08 Å². The summed E-state index contributed by atoms with van der Waals surface area (Å²) < 4.78 is 0. The minimum atomic E-state index is -0.328. The van der Waals surface area contributed by atoms with E-state index >= 15 is 0 Å². The molecule has 21 heavy (non-hydrogen) atoms. The molecule has 0 aliphatic rings. The van der Waals surface area contributed by atoms with E-state index in [0.29, 0.717) is 5.56 Å². The van der Waals surface area contributed by atoms with E-state index in [2.05, 4.69) is 10.6 Å². The van der Waals surface area contributed by atoms with Gasteiger partial charge in [-0.05, 0) is 36.1 Å². The van der Waals surface area contributed by atoms with Crippen LogP contribution in [0.3, 0.4) is 0 Å². The van der Waals surface area contributed by atoms with Gasteiger partial charge in [0.15, 0.2) is 0 Å². The second-order valence-corrected chi connectivity index (χ2v) is 5.40. The first-order valence-corrected chi connectivity index (χ1v) is 7.34. The zero-order valence-electron chi connectivity index (χ0n) is 11.8. The summed E-state index contributed by atoms with van der Waals surface area (Å²) in [6, 6.07) is 11.0. The van der Waals surface area contributed by atoms with Crippen molar-refractivity contribution in [1.82, 2.24) is 10.6 Å². The molecule has 2 aromatic rings. The molecule has 5 heteroatoms. The van der Waals surface area contributed by atoms with Gasteiger partial charge in [-0.25, -0.2) is 0 Å². The van der Waals surface area contributed by atoms with Crippen LogP contribution in [0.1, 0.15) is 20.8 Å². The second-order valence-electron chi connectivity index (χ2n) is 4.42. The van der Waals surface area contributed by atoms with Crippen molar-refractivity contribution in [2.75, 3.05) is 7.05 Å². The summed E-state index contributed by atoms with van der Waals surface area (Å²) in [7, 11) is 1.53. The first-order chi connectivity index (χ1) is 10.1. The van der Waals surface area contributed by atoms with Crippen LogP contribution in [0.2, 0.25) is 0 Å². The van der Waals surface area contributed by atoms with Gasteiger partial charge in [0.05, 0.1) is 0 Å². The van der Waals surface area contributed by atoms with Crippen molar-refractivity contribution in [3.05, 3.63) is 63.5 Å². The molecular weight excluding hydrogens is 284 g/mol. The highest BCUT2D eigenvalue weighted by molar-refractivity contribution is 7.10. The van der Waals surface area contributed by atoms with Crippen molar-refractivity contribution in [3.8, 4) is 0 Å². The first-order valence-electron chi connectivity index (χ1n) is 6.46. The number of aryl methyl sites for hydroxylation is 1. The molecule has 0 radical (unpaired) electrons. The Morgan fingerprint density at radius 1 is 1.14 bits per heavy atom. The molecule has 0 bridgehead atoms. The highest BCUT2D eigenvalue weighted by atomic mass is 32.1. The molecule has 1 aromatic heterocycles. The molecule has 0 fully saturated rings. The molecule has 2 rings (SSSR count). The van der Waals surface area contributed by atoms with Crippen LogP contribution in [0, 0.1) is 6.92 Å². The lowest BCUT2D eigenvalue weighted by atomic mass is 10.1. The Balaban J connectivity index is 2.26. The van der Waals surface area contributed by atoms with Gasteiger partial charge in [0.2, 0.25) is 0 Å². The molecule has 0 saturated heterocycles. The van der Waals surface area contributed by atoms with E-state index in [4.69, 9.17) is 0 Å². The molecule has 4 nitrogen and oxygen atoms in total. The molecule has 2 amide bonds. The zero-order valence-corrected chi connectivity index (χ0v) is 12.7. The number of benzene rings is 1. The molecule has 0 spiro atoms. The number of rotatable bonds is 4. The van der Waals surface area contributed by atoms with Gasteiger partial charge >= 0.3 is 0 Å². The largest absolute Gasteiger partial charge is 0.354 e. The molecule has 0 saturated carbocycles. The van der Waals surface area contributed by atoms with Gasteiger partial charge < -0.3 is 10.6 Å². The SMILES string of the molecule is CNC(=O)/C(=C/c1cccs1)NC(=O)c1ccccc1C. The lowest BCUT2D eigenvalue weighted by Gasteiger charge is -2.10. The topological polar surface area (TPSA) is 58.2 Å². The number of carbonyl (C=O) groups is 2. The second kappa shape index (κ2) is 6.85. The van der Waals surface area contributed by atoms with E-state index in [9.17, 15) is 9.59 Å². The Labute approximate surface area is 127 Å². The van der Waals surface area contributed by atoms with Gasteiger partial charge in [-0.2, -0.15) is 0 Å². The third kappa shape index (κ3) is 3.79. The van der Waals surface area contributed by atoms with Crippen molar-refractivity contribution in [2.45, 2.75) is 6.92 Å². The maximum absolute atomic E-state index is 12.3. The standard InChI is InChI=1S/C16H16N2O2S/c1-11-6-3-4-8-13(11)15(19)18-14(16(20)17-2)10-12-7-5-9-21-12/h3-10H,1-2H3,(H,17,20)(H,18,19)/b14-10-. The predicted molar refractivity (Wildman–Crippen MR) is 85.0 cm³/mol.